The van der Waals surface area contributed by atoms with Gasteiger partial charge in [0, 0.05) is 54.2 Å². The number of carbonyl (C=O) groups excluding carboxylic acids is 2. The van der Waals surface area contributed by atoms with E-state index in [1.165, 1.54) is 0 Å². The first-order chi connectivity index (χ1) is 13.7. The first-order valence-corrected chi connectivity index (χ1v) is 11.7. The molecule has 1 aliphatic carbocycles. The van der Waals surface area contributed by atoms with Gasteiger partial charge in [0.25, 0.3) is 0 Å². The Kier molecular flexibility index (Phi) is 6.22. The number of nitrogens with one attached hydrogen (secondary N) is 1. The van der Waals surface area contributed by atoms with Crippen LogP contribution in [0.2, 0.25) is 0 Å². The van der Waals surface area contributed by atoms with E-state index in [2.05, 4.69) is 10.7 Å². The number of carbonyl (C=O) groups is 2. The molecule has 4 rings (SSSR count). The zero-order valence-corrected chi connectivity index (χ0v) is 17.4. The topological polar surface area (TPSA) is 62.3 Å². The first kappa shape index (κ1) is 19.3. The summed E-state index contributed by atoms with van der Waals surface area (Å²) in [5.74, 6) is 0.837. The van der Waals surface area contributed by atoms with Crippen LogP contribution in [0.15, 0.2) is 29.0 Å². The van der Waals surface area contributed by atoms with Gasteiger partial charge in [0.05, 0.1) is 10.7 Å². The molecule has 0 unspecified atom stereocenters. The van der Waals surface area contributed by atoms with Gasteiger partial charge < -0.3 is 10.2 Å². The highest BCUT2D eigenvalue weighted by atomic mass is 32.1. The Labute approximate surface area is 173 Å². The molecule has 1 atom stereocenters. The van der Waals surface area contributed by atoms with E-state index in [4.69, 9.17) is 4.98 Å². The van der Waals surface area contributed by atoms with Crippen molar-refractivity contribution in [2.75, 3.05) is 19.6 Å². The minimum absolute atomic E-state index is 0.0812. The highest BCUT2D eigenvalue weighted by Crippen LogP contribution is 2.30. The number of rotatable bonds is 7. The molecular weight excluding hydrogens is 390 g/mol. The Balaban J connectivity index is 1.28. The quantitative estimate of drug-likeness (QED) is 0.702. The maximum Gasteiger partial charge on any atom is 0.246 e. The number of nitrogens with zero attached hydrogens (tertiary/aromatic N) is 2. The summed E-state index contributed by atoms with van der Waals surface area (Å²) >= 11 is 3.31. The second-order valence-corrected chi connectivity index (χ2v) is 9.33. The van der Waals surface area contributed by atoms with Crippen molar-refractivity contribution in [3.8, 4) is 0 Å². The van der Waals surface area contributed by atoms with E-state index < -0.39 is 0 Å². The lowest BCUT2D eigenvalue weighted by Crippen LogP contribution is -2.38. The molecule has 5 nitrogen and oxygen atoms in total. The Morgan fingerprint density at radius 1 is 1.29 bits per heavy atom. The summed E-state index contributed by atoms with van der Waals surface area (Å²) in [4.78, 5) is 32.1. The minimum Gasteiger partial charge on any atom is -0.355 e. The Morgan fingerprint density at radius 3 is 2.96 bits per heavy atom. The molecule has 1 aliphatic heterocycles. The molecule has 3 heterocycles. The minimum atomic E-state index is 0.0812. The lowest BCUT2D eigenvalue weighted by Gasteiger charge is -2.31. The summed E-state index contributed by atoms with van der Waals surface area (Å²) < 4.78 is 0. The maximum absolute atomic E-state index is 12.5. The molecule has 1 saturated heterocycles. The zero-order chi connectivity index (χ0) is 19.3. The Morgan fingerprint density at radius 2 is 2.18 bits per heavy atom. The summed E-state index contributed by atoms with van der Waals surface area (Å²) in [5, 5.41) is 8.22. The third-order valence-corrected chi connectivity index (χ3v) is 7.11. The van der Waals surface area contributed by atoms with Gasteiger partial charge in [0.2, 0.25) is 11.8 Å². The number of thiazole rings is 1. The molecule has 1 N–H and O–H groups in total. The van der Waals surface area contributed by atoms with Crippen molar-refractivity contribution in [1.82, 2.24) is 15.2 Å². The van der Waals surface area contributed by atoms with E-state index in [0.717, 1.165) is 60.8 Å². The van der Waals surface area contributed by atoms with Gasteiger partial charge in [-0.3, -0.25) is 9.59 Å². The summed E-state index contributed by atoms with van der Waals surface area (Å²) in [6.45, 7) is 2.20. The van der Waals surface area contributed by atoms with Gasteiger partial charge in [-0.1, -0.05) is 6.07 Å². The molecule has 0 radical (unpaired) electrons. The van der Waals surface area contributed by atoms with Gasteiger partial charge in [-0.25, -0.2) is 4.98 Å². The average molecular weight is 416 g/mol. The van der Waals surface area contributed by atoms with Crippen LogP contribution < -0.4 is 5.32 Å². The van der Waals surface area contributed by atoms with Crippen LogP contribution in [-0.4, -0.2) is 41.3 Å². The Hall–Kier alpha value is -1.99. The van der Waals surface area contributed by atoms with Crippen LogP contribution in [0, 0.1) is 5.92 Å². The Bertz CT molecular complexity index is 840. The van der Waals surface area contributed by atoms with Gasteiger partial charge in [-0.2, -0.15) is 0 Å². The molecule has 2 aliphatic rings. The van der Waals surface area contributed by atoms with E-state index in [1.807, 2.05) is 28.5 Å². The van der Waals surface area contributed by atoms with E-state index in [1.54, 1.807) is 28.7 Å². The second-order valence-electron chi connectivity index (χ2n) is 7.46. The van der Waals surface area contributed by atoms with Crippen molar-refractivity contribution in [2.24, 2.45) is 5.92 Å². The number of likely N-dealkylation sites (tertiary alicyclic amines) is 1. The van der Waals surface area contributed by atoms with Crippen LogP contribution in [0.1, 0.15) is 47.2 Å². The highest BCUT2D eigenvalue weighted by Gasteiger charge is 2.29. The van der Waals surface area contributed by atoms with Crippen LogP contribution in [0.3, 0.4) is 0 Å². The SMILES string of the molecule is O=C(NCCc1csc([C@@H]2CCCN(C(=O)/C=C/c3cccs3)C2)n1)C1CC1. The molecule has 2 fully saturated rings. The number of hydrogen-bond donors (Lipinski definition) is 1. The fraction of sp³-hybridized carbons (Fsp3) is 0.476. The number of aromatic nitrogens is 1. The molecular formula is C21H25N3O2S2. The normalized spacial score (nSPS) is 19.9. The molecule has 148 valence electrons. The summed E-state index contributed by atoms with van der Waals surface area (Å²) in [7, 11) is 0. The number of piperidine rings is 1. The molecule has 28 heavy (non-hydrogen) atoms. The van der Waals surface area contributed by atoms with Gasteiger partial charge in [-0.15, -0.1) is 22.7 Å². The largest absolute Gasteiger partial charge is 0.355 e. The molecule has 0 spiro atoms. The van der Waals surface area contributed by atoms with Crippen LogP contribution in [0.4, 0.5) is 0 Å². The van der Waals surface area contributed by atoms with Crippen LogP contribution >= 0.6 is 22.7 Å². The van der Waals surface area contributed by atoms with E-state index in [0.29, 0.717) is 12.5 Å². The van der Waals surface area contributed by atoms with Crippen molar-refractivity contribution in [2.45, 2.75) is 38.0 Å². The van der Waals surface area contributed by atoms with Crippen molar-refractivity contribution >= 4 is 40.6 Å². The van der Waals surface area contributed by atoms with Gasteiger partial charge in [-0.05, 0) is 43.2 Å². The van der Waals surface area contributed by atoms with E-state index in [-0.39, 0.29) is 17.7 Å². The predicted octanol–water partition coefficient (Wildman–Crippen LogP) is 3.69. The smallest absolute Gasteiger partial charge is 0.246 e. The van der Waals surface area contributed by atoms with Crippen molar-refractivity contribution < 1.29 is 9.59 Å². The maximum atomic E-state index is 12.5. The highest BCUT2D eigenvalue weighted by molar-refractivity contribution is 7.10. The number of thiophene rings is 1. The van der Waals surface area contributed by atoms with Crippen LogP contribution in [0.25, 0.3) is 6.08 Å². The fourth-order valence-electron chi connectivity index (χ4n) is 3.45. The predicted molar refractivity (Wildman–Crippen MR) is 113 cm³/mol. The van der Waals surface area contributed by atoms with Gasteiger partial charge >= 0.3 is 0 Å². The summed E-state index contributed by atoms with van der Waals surface area (Å²) in [6.07, 6.45) is 8.50. The molecule has 7 heteroatoms. The molecule has 1 saturated carbocycles. The van der Waals surface area contributed by atoms with Gasteiger partial charge in [0.15, 0.2) is 0 Å². The third kappa shape index (κ3) is 5.08. The lowest BCUT2D eigenvalue weighted by molar-refractivity contribution is -0.127. The van der Waals surface area contributed by atoms with Crippen molar-refractivity contribution in [3.63, 3.8) is 0 Å². The molecule has 2 aromatic rings. The summed E-state index contributed by atoms with van der Waals surface area (Å²) in [6, 6.07) is 4.00. The lowest BCUT2D eigenvalue weighted by atomic mass is 9.98. The first-order valence-electron chi connectivity index (χ1n) is 9.91. The third-order valence-electron chi connectivity index (χ3n) is 5.21. The fourth-order valence-corrected chi connectivity index (χ4v) is 5.05. The van der Waals surface area contributed by atoms with E-state index in [9.17, 15) is 9.59 Å². The number of hydrogen-bond acceptors (Lipinski definition) is 5. The summed E-state index contributed by atoms with van der Waals surface area (Å²) in [5.41, 5.74) is 1.04. The molecule has 0 aromatic carbocycles. The number of amides is 2. The van der Waals surface area contributed by atoms with Gasteiger partial charge in [0.1, 0.15) is 0 Å². The van der Waals surface area contributed by atoms with Crippen molar-refractivity contribution in [3.05, 3.63) is 44.5 Å². The second kappa shape index (κ2) is 9.01. The van der Waals surface area contributed by atoms with Crippen LogP contribution in [-0.2, 0) is 16.0 Å². The monoisotopic (exact) mass is 415 g/mol. The standard InChI is InChI=1S/C21H25N3O2S2/c25-19(8-7-18-4-2-12-27-18)24-11-1-3-16(13-24)21-23-17(14-28-21)9-10-22-20(26)15-5-6-15/h2,4,7-8,12,14-16H,1,3,5-6,9-11,13H2,(H,22,26)/b8-7+/t16-/m1/s1. The average Bonchev–Trinajstić information content (AvgIpc) is 3.24. The van der Waals surface area contributed by atoms with Crippen LogP contribution in [0.5, 0.6) is 0 Å². The molecule has 2 aromatic heterocycles. The molecule has 0 bridgehead atoms. The zero-order valence-electron chi connectivity index (χ0n) is 15.8. The van der Waals surface area contributed by atoms with Crippen molar-refractivity contribution in [1.29, 1.82) is 0 Å². The molecule has 2 amide bonds. The van der Waals surface area contributed by atoms with E-state index >= 15 is 0 Å².